The Bertz CT molecular complexity index is 564. The zero-order valence-corrected chi connectivity index (χ0v) is 14.5. The molecule has 2 aliphatic carbocycles. The summed E-state index contributed by atoms with van der Waals surface area (Å²) < 4.78 is 5.53. The van der Waals surface area contributed by atoms with Crippen LogP contribution in [0, 0.1) is 23.7 Å². The van der Waals surface area contributed by atoms with Crippen LogP contribution in [-0.4, -0.2) is 13.2 Å². The summed E-state index contributed by atoms with van der Waals surface area (Å²) in [6, 6.07) is 4.52. The number of ether oxygens (including phenoxy) is 1. The number of benzene rings is 1. The summed E-state index contributed by atoms with van der Waals surface area (Å²) in [6.45, 7) is 9.30. The molecule has 0 saturated heterocycles. The molecule has 3 heteroatoms. The molecule has 0 spiro atoms. The molecule has 116 valence electrons. The van der Waals surface area contributed by atoms with E-state index in [0.29, 0.717) is 16.9 Å². The lowest BCUT2D eigenvalue weighted by Crippen LogP contribution is -2.45. The summed E-state index contributed by atoms with van der Waals surface area (Å²) in [5.74, 6) is 1.67. The van der Waals surface area contributed by atoms with Gasteiger partial charge in [0.05, 0.1) is 12.8 Å². The van der Waals surface area contributed by atoms with Gasteiger partial charge in [-0.25, -0.2) is 0 Å². The molecule has 0 aromatic heterocycles. The van der Waals surface area contributed by atoms with Crippen LogP contribution in [0.25, 0.3) is 0 Å². The number of fused-ring (bicyclic) bond motifs is 2. The second-order valence-corrected chi connectivity index (χ2v) is 8.20. The molecule has 0 heterocycles. The Balaban J connectivity index is 1.95. The number of hydrogen-bond acceptors (Lipinski definition) is 2. The molecule has 3 rings (SSSR count). The van der Waals surface area contributed by atoms with E-state index in [1.54, 1.807) is 7.11 Å². The first-order chi connectivity index (χ1) is 9.78. The lowest BCUT2D eigenvalue weighted by atomic mass is 9.68. The number of nitrogens with one attached hydrogen (secondary N) is 1. The molecule has 0 radical (unpaired) electrons. The van der Waals surface area contributed by atoms with Gasteiger partial charge >= 0.3 is 0 Å². The lowest BCUT2D eigenvalue weighted by molar-refractivity contribution is 0.155. The quantitative estimate of drug-likeness (QED) is 0.820. The molecular formula is C18H26ClNO. The summed E-state index contributed by atoms with van der Waals surface area (Å²) in [4.78, 5) is 0. The number of hydrogen-bond donors (Lipinski definition) is 1. The van der Waals surface area contributed by atoms with Crippen molar-refractivity contribution in [2.75, 3.05) is 12.4 Å². The van der Waals surface area contributed by atoms with E-state index in [1.807, 2.05) is 13.0 Å². The molecule has 2 fully saturated rings. The molecule has 2 aliphatic rings. The summed E-state index contributed by atoms with van der Waals surface area (Å²) in [5.41, 5.74) is 2.88. The second kappa shape index (κ2) is 4.81. The van der Waals surface area contributed by atoms with Crippen molar-refractivity contribution in [1.29, 1.82) is 0 Å². The average Bonchev–Trinajstić information content (AvgIpc) is 2.89. The molecule has 0 aliphatic heterocycles. The third kappa shape index (κ3) is 2.23. The molecule has 1 unspecified atom stereocenters. The van der Waals surface area contributed by atoms with Gasteiger partial charge in [0.2, 0.25) is 0 Å². The van der Waals surface area contributed by atoms with Crippen LogP contribution in [0.2, 0.25) is 5.02 Å². The molecule has 2 bridgehead atoms. The van der Waals surface area contributed by atoms with E-state index >= 15 is 0 Å². The number of methoxy groups -OCH3 is 1. The maximum absolute atomic E-state index is 6.22. The molecule has 2 nitrogen and oxygen atoms in total. The minimum absolute atomic E-state index is 0.325. The van der Waals surface area contributed by atoms with Crippen LogP contribution in [0.4, 0.5) is 5.69 Å². The first-order valence-corrected chi connectivity index (χ1v) is 8.26. The summed E-state index contributed by atoms with van der Waals surface area (Å²) >= 11 is 6.22. The summed E-state index contributed by atoms with van der Waals surface area (Å²) in [6.07, 6.45) is 4.04. The van der Waals surface area contributed by atoms with Crippen molar-refractivity contribution in [3.8, 4) is 5.75 Å². The molecule has 1 aromatic carbocycles. The van der Waals surface area contributed by atoms with Gasteiger partial charge in [-0.15, -0.1) is 0 Å². The molecule has 21 heavy (non-hydrogen) atoms. The van der Waals surface area contributed by atoms with Crippen LogP contribution < -0.4 is 10.1 Å². The molecule has 2 saturated carbocycles. The van der Waals surface area contributed by atoms with Crippen LogP contribution >= 0.6 is 11.6 Å². The number of anilines is 1. The Morgan fingerprint density at radius 2 is 2.00 bits per heavy atom. The fourth-order valence-electron chi connectivity index (χ4n) is 4.76. The fraction of sp³-hybridized carbons (Fsp3) is 0.667. The Hall–Kier alpha value is -0.890. The van der Waals surface area contributed by atoms with E-state index in [4.69, 9.17) is 16.3 Å². The zero-order valence-electron chi connectivity index (χ0n) is 13.7. The van der Waals surface area contributed by atoms with E-state index in [9.17, 15) is 0 Å². The van der Waals surface area contributed by atoms with E-state index in [0.717, 1.165) is 27.9 Å². The molecule has 0 amide bonds. The number of halogens is 1. The maximum Gasteiger partial charge on any atom is 0.143 e. The predicted octanol–water partition coefficient (Wildman–Crippen LogP) is 5.28. The van der Waals surface area contributed by atoms with Crippen molar-refractivity contribution < 1.29 is 4.74 Å². The van der Waals surface area contributed by atoms with Crippen molar-refractivity contribution in [1.82, 2.24) is 0 Å². The topological polar surface area (TPSA) is 21.3 Å². The minimum atomic E-state index is 0.325. The van der Waals surface area contributed by atoms with Crippen molar-refractivity contribution in [2.24, 2.45) is 16.7 Å². The maximum atomic E-state index is 6.22. The van der Waals surface area contributed by atoms with Gasteiger partial charge < -0.3 is 10.1 Å². The van der Waals surface area contributed by atoms with E-state index < -0.39 is 0 Å². The van der Waals surface area contributed by atoms with Crippen LogP contribution in [-0.2, 0) is 0 Å². The average molecular weight is 308 g/mol. The van der Waals surface area contributed by atoms with Gasteiger partial charge in [0.25, 0.3) is 0 Å². The highest BCUT2D eigenvalue weighted by Gasteiger charge is 2.59. The van der Waals surface area contributed by atoms with Crippen molar-refractivity contribution >= 4 is 17.3 Å². The van der Waals surface area contributed by atoms with Crippen LogP contribution in [0.3, 0.4) is 0 Å². The molecule has 1 N–H and O–H groups in total. The van der Waals surface area contributed by atoms with Crippen molar-refractivity contribution in [3.63, 3.8) is 0 Å². The van der Waals surface area contributed by atoms with Gasteiger partial charge in [0, 0.05) is 17.1 Å². The standard InChI is InChI=1S/C18H26ClNO/c1-11-8-14(15(21-5)9-13(11)19)20-16-17(2,3)12-6-7-18(16,4)10-12/h8-9,12,16,20H,6-7,10H2,1-5H3/t12-,16?,18+/m0/s1. The second-order valence-electron chi connectivity index (χ2n) is 7.79. The normalized spacial score (nSPS) is 33.2. The van der Waals surface area contributed by atoms with Gasteiger partial charge in [-0.2, -0.15) is 0 Å². The van der Waals surface area contributed by atoms with Gasteiger partial charge in [-0.1, -0.05) is 32.4 Å². The first-order valence-electron chi connectivity index (χ1n) is 7.88. The molecular weight excluding hydrogens is 282 g/mol. The molecule has 1 aromatic rings. The molecule has 3 atom stereocenters. The van der Waals surface area contributed by atoms with E-state index in [1.165, 1.54) is 19.3 Å². The lowest BCUT2D eigenvalue weighted by Gasteiger charge is -2.43. The van der Waals surface area contributed by atoms with E-state index in [-0.39, 0.29) is 0 Å². The van der Waals surface area contributed by atoms with Crippen molar-refractivity contribution in [2.45, 2.75) is 53.0 Å². The Morgan fingerprint density at radius 3 is 2.57 bits per heavy atom. The van der Waals surface area contributed by atoms with Crippen LogP contribution in [0.1, 0.15) is 45.6 Å². The largest absolute Gasteiger partial charge is 0.495 e. The van der Waals surface area contributed by atoms with Gasteiger partial charge in [0.1, 0.15) is 5.75 Å². The first kappa shape index (κ1) is 15.0. The zero-order chi connectivity index (χ0) is 15.4. The van der Waals surface area contributed by atoms with Crippen LogP contribution in [0.15, 0.2) is 12.1 Å². The third-order valence-corrected chi connectivity index (χ3v) is 6.46. The smallest absolute Gasteiger partial charge is 0.143 e. The van der Waals surface area contributed by atoms with E-state index in [2.05, 4.69) is 32.2 Å². The van der Waals surface area contributed by atoms with Gasteiger partial charge in [0.15, 0.2) is 0 Å². The fourth-order valence-corrected chi connectivity index (χ4v) is 4.92. The highest BCUT2D eigenvalue weighted by atomic mass is 35.5. The van der Waals surface area contributed by atoms with Crippen LogP contribution in [0.5, 0.6) is 5.75 Å². The minimum Gasteiger partial charge on any atom is -0.495 e. The van der Waals surface area contributed by atoms with Gasteiger partial charge in [-0.05, 0) is 54.6 Å². The number of rotatable bonds is 3. The summed E-state index contributed by atoms with van der Waals surface area (Å²) in [5, 5.41) is 4.57. The predicted molar refractivity (Wildman–Crippen MR) is 89.4 cm³/mol. The Labute approximate surface area is 133 Å². The van der Waals surface area contributed by atoms with Gasteiger partial charge in [-0.3, -0.25) is 0 Å². The highest BCUT2D eigenvalue weighted by molar-refractivity contribution is 6.31. The third-order valence-electron chi connectivity index (χ3n) is 6.05. The Kier molecular flexibility index (Phi) is 3.44. The monoisotopic (exact) mass is 307 g/mol. The summed E-state index contributed by atoms with van der Waals surface area (Å²) in [7, 11) is 1.71. The highest BCUT2D eigenvalue weighted by Crippen LogP contribution is 2.63. The van der Waals surface area contributed by atoms with Crippen molar-refractivity contribution in [3.05, 3.63) is 22.7 Å². The Morgan fingerprint density at radius 1 is 1.29 bits per heavy atom. The SMILES string of the molecule is COc1cc(Cl)c(C)cc1NC1C(C)(C)[C@H]2CC[C@]1(C)C2. The number of aryl methyl sites for hydroxylation is 1.